The van der Waals surface area contributed by atoms with E-state index in [-0.39, 0.29) is 5.56 Å². The van der Waals surface area contributed by atoms with E-state index < -0.39 is 17.5 Å². The van der Waals surface area contributed by atoms with Crippen LogP contribution < -0.4 is 10.5 Å². The quantitative estimate of drug-likeness (QED) is 0.878. The molecule has 0 saturated carbocycles. The van der Waals surface area contributed by atoms with Crippen LogP contribution >= 0.6 is 0 Å². The van der Waals surface area contributed by atoms with Gasteiger partial charge in [0.25, 0.3) is 0 Å². The molecule has 108 valence electrons. The number of benzene rings is 2. The highest BCUT2D eigenvalue weighted by Crippen LogP contribution is 2.23. The second-order valence-electron chi connectivity index (χ2n) is 4.30. The monoisotopic (exact) mass is 289 g/mol. The highest BCUT2D eigenvalue weighted by molar-refractivity contribution is 5.94. The summed E-state index contributed by atoms with van der Waals surface area (Å²) in [6.45, 7) is 0. The summed E-state index contributed by atoms with van der Waals surface area (Å²) in [5.41, 5.74) is 6.15. The first-order valence-electron chi connectivity index (χ1n) is 6.13. The van der Waals surface area contributed by atoms with Gasteiger partial charge < -0.3 is 10.5 Å². The lowest BCUT2D eigenvalue weighted by molar-refractivity contribution is 0.1000. The molecule has 2 N–H and O–H groups in total. The number of primary amides is 1. The molecule has 1 amide bonds. The average Bonchev–Trinajstić information content (AvgIpc) is 2.48. The van der Waals surface area contributed by atoms with E-state index in [1.54, 1.807) is 6.07 Å². The number of nitrogens with two attached hydrogens (primary N) is 1. The molecule has 3 nitrogen and oxygen atoms in total. The zero-order valence-electron chi connectivity index (χ0n) is 11.3. The molecule has 2 rings (SSSR count). The van der Waals surface area contributed by atoms with E-state index in [1.807, 2.05) is 0 Å². The molecule has 0 heterocycles. The highest BCUT2D eigenvalue weighted by Gasteiger charge is 2.07. The molecule has 0 aromatic heterocycles. The second-order valence-corrected chi connectivity index (χ2v) is 4.30. The van der Waals surface area contributed by atoms with Crippen molar-refractivity contribution in [2.24, 2.45) is 5.73 Å². The molecule has 0 fully saturated rings. The molecular formula is C16H13F2NO2. The lowest BCUT2D eigenvalue weighted by Gasteiger charge is -2.06. The van der Waals surface area contributed by atoms with Crippen LogP contribution in [0.15, 0.2) is 36.4 Å². The third-order valence-corrected chi connectivity index (χ3v) is 2.94. The van der Waals surface area contributed by atoms with E-state index >= 15 is 0 Å². The normalized spacial score (nSPS) is 10.8. The topological polar surface area (TPSA) is 52.3 Å². The minimum absolute atomic E-state index is 0.0986. The summed E-state index contributed by atoms with van der Waals surface area (Å²) in [5, 5.41) is 0. The summed E-state index contributed by atoms with van der Waals surface area (Å²) in [4.78, 5) is 11.2. The van der Waals surface area contributed by atoms with Crippen molar-refractivity contribution in [2.75, 3.05) is 7.11 Å². The number of halogens is 2. The standard InChI is InChI=1S/C16H13F2NO2/c1-21-14-8-7-12(16(19)20)9-11(14)6-5-10-3-2-4-13(17)15(10)18/h2-9H,1H3,(H2,19,20). The van der Waals surface area contributed by atoms with Crippen LogP contribution in [0.2, 0.25) is 0 Å². The Kier molecular flexibility index (Phi) is 4.33. The highest BCUT2D eigenvalue weighted by atomic mass is 19.2. The van der Waals surface area contributed by atoms with Crippen LogP contribution in [0.3, 0.4) is 0 Å². The Hall–Kier alpha value is -2.69. The SMILES string of the molecule is COc1ccc(C(N)=O)cc1C=Cc1cccc(F)c1F. The first-order chi connectivity index (χ1) is 10.0. The molecule has 21 heavy (non-hydrogen) atoms. The number of hydrogen-bond acceptors (Lipinski definition) is 2. The third-order valence-electron chi connectivity index (χ3n) is 2.94. The van der Waals surface area contributed by atoms with Crippen LogP contribution in [-0.2, 0) is 0 Å². The van der Waals surface area contributed by atoms with Crippen molar-refractivity contribution in [1.29, 1.82) is 0 Å². The maximum absolute atomic E-state index is 13.6. The Bertz CT molecular complexity index is 711. The first kappa shape index (κ1) is 14.7. The molecule has 2 aromatic carbocycles. The van der Waals surface area contributed by atoms with Gasteiger partial charge in [-0.2, -0.15) is 0 Å². The smallest absolute Gasteiger partial charge is 0.248 e. The fourth-order valence-electron chi connectivity index (χ4n) is 1.85. The molecule has 0 bridgehead atoms. The van der Waals surface area contributed by atoms with Gasteiger partial charge in [-0.15, -0.1) is 0 Å². The van der Waals surface area contributed by atoms with E-state index in [0.29, 0.717) is 16.9 Å². The molecular weight excluding hydrogens is 276 g/mol. The lowest BCUT2D eigenvalue weighted by Crippen LogP contribution is -2.10. The van der Waals surface area contributed by atoms with Crippen molar-refractivity contribution in [3.8, 4) is 5.75 Å². The van der Waals surface area contributed by atoms with E-state index in [9.17, 15) is 13.6 Å². The van der Waals surface area contributed by atoms with Crippen LogP contribution in [0.1, 0.15) is 21.5 Å². The van der Waals surface area contributed by atoms with Gasteiger partial charge in [-0.3, -0.25) is 4.79 Å². The number of hydrogen-bond donors (Lipinski definition) is 1. The van der Waals surface area contributed by atoms with Gasteiger partial charge in [0.15, 0.2) is 11.6 Å². The second kappa shape index (κ2) is 6.17. The van der Waals surface area contributed by atoms with E-state index in [4.69, 9.17) is 10.5 Å². The molecule has 0 aliphatic rings. The van der Waals surface area contributed by atoms with Crippen molar-refractivity contribution in [3.05, 3.63) is 64.7 Å². The van der Waals surface area contributed by atoms with E-state index in [0.717, 1.165) is 6.07 Å². The number of methoxy groups -OCH3 is 1. The molecule has 0 atom stereocenters. The molecule has 0 radical (unpaired) electrons. The van der Waals surface area contributed by atoms with Crippen molar-refractivity contribution in [1.82, 2.24) is 0 Å². The zero-order valence-corrected chi connectivity index (χ0v) is 11.3. The number of rotatable bonds is 4. The van der Waals surface area contributed by atoms with Crippen molar-refractivity contribution >= 4 is 18.1 Å². The summed E-state index contributed by atoms with van der Waals surface area (Å²) in [6, 6.07) is 8.54. The number of carbonyl (C=O) groups excluding carboxylic acids is 1. The van der Waals surface area contributed by atoms with Gasteiger partial charge >= 0.3 is 0 Å². The Labute approximate surface area is 120 Å². The van der Waals surface area contributed by atoms with E-state index in [1.165, 1.54) is 43.5 Å². The van der Waals surface area contributed by atoms with Crippen LogP contribution in [0.25, 0.3) is 12.2 Å². The average molecular weight is 289 g/mol. The number of ether oxygens (including phenoxy) is 1. The minimum atomic E-state index is -0.932. The van der Waals surface area contributed by atoms with Gasteiger partial charge in [-0.05, 0) is 24.3 Å². The van der Waals surface area contributed by atoms with Gasteiger partial charge in [0, 0.05) is 16.7 Å². The molecule has 2 aromatic rings. The van der Waals surface area contributed by atoms with Crippen LogP contribution in [0.4, 0.5) is 8.78 Å². The Morgan fingerprint density at radius 3 is 2.52 bits per heavy atom. The van der Waals surface area contributed by atoms with Crippen LogP contribution in [0.5, 0.6) is 5.75 Å². The van der Waals surface area contributed by atoms with Gasteiger partial charge in [0.05, 0.1) is 7.11 Å². The summed E-state index contributed by atoms with van der Waals surface area (Å²) >= 11 is 0. The Balaban J connectivity index is 2.42. The predicted octanol–water partition coefficient (Wildman–Crippen LogP) is 3.24. The predicted molar refractivity (Wildman–Crippen MR) is 76.8 cm³/mol. The maximum Gasteiger partial charge on any atom is 0.248 e. The summed E-state index contributed by atoms with van der Waals surface area (Å²) in [5.74, 6) is -1.94. The minimum Gasteiger partial charge on any atom is -0.496 e. The van der Waals surface area contributed by atoms with Crippen LogP contribution in [0, 0.1) is 11.6 Å². The molecule has 0 saturated heterocycles. The lowest BCUT2D eigenvalue weighted by atomic mass is 10.1. The number of carbonyl (C=O) groups is 1. The zero-order chi connectivity index (χ0) is 15.4. The van der Waals surface area contributed by atoms with Crippen molar-refractivity contribution in [2.45, 2.75) is 0 Å². The van der Waals surface area contributed by atoms with Gasteiger partial charge in [-0.25, -0.2) is 8.78 Å². The first-order valence-corrected chi connectivity index (χ1v) is 6.13. The summed E-state index contributed by atoms with van der Waals surface area (Å²) < 4.78 is 31.8. The maximum atomic E-state index is 13.6. The number of amides is 1. The van der Waals surface area contributed by atoms with Crippen molar-refractivity contribution in [3.63, 3.8) is 0 Å². The fourth-order valence-corrected chi connectivity index (χ4v) is 1.85. The van der Waals surface area contributed by atoms with E-state index in [2.05, 4.69) is 0 Å². The Morgan fingerprint density at radius 2 is 1.86 bits per heavy atom. The Morgan fingerprint density at radius 1 is 1.14 bits per heavy atom. The van der Waals surface area contributed by atoms with Crippen molar-refractivity contribution < 1.29 is 18.3 Å². The third kappa shape index (κ3) is 3.25. The summed E-state index contributed by atoms with van der Waals surface area (Å²) in [6.07, 6.45) is 2.93. The molecule has 0 spiro atoms. The molecule has 5 heteroatoms. The molecule has 0 unspecified atom stereocenters. The van der Waals surface area contributed by atoms with Crippen LogP contribution in [-0.4, -0.2) is 13.0 Å². The van der Waals surface area contributed by atoms with Gasteiger partial charge in [-0.1, -0.05) is 24.3 Å². The van der Waals surface area contributed by atoms with Gasteiger partial charge in [0.1, 0.15) is 5.75 Å². The molecule has 0 aliphatic carbocycles. The summed E-state index contributed by atoms with van der Waals surface area (Å²) in [7, 11) is 1.47. The largest absolute Gasteiger partial charge is 0.496 e. The molecule has 0 aliphatic heterocycles. The fraction of sp³-hybridized carbons (Fsp3) is 0.0625. The van der Waals surface area contributed by atoms with Gasteiger partial charge in [0.2, 0.25) is 5.91 Å².